The summed E-state index contributed by atoms with van der Waals surface area (Å²) >= 11 is 1.23. The van der Waals surface area contributed by atoms with Gasteiger partial charge in [-0.1, -0.05) is 17.8 Å². The molecule has 2 aromatic rings. The maximum Gasteiger partial charge on any atom is 0.227 e. The van der Waals surface area contributed by atoms with E-state index in [0.717, 1.165) is 41.6 Å². The third-order valence-electron chi connectivity index (χ3n) is 3.60. The first-order valence-electron chi connectivity index (χ1n) is 6.98. The zero-order valence-electron chi connectivity index (χ0n) is 11.9. The van der Waals surface area contributed by atoms with Crippen LogP contribution in [0.1, 0.15) is 23.2 Å². The number of nitrogens with zero attached hydrogens (tertiary/aromatic N) is 3. The lowest BCUT2D eigenvalue weighted by Crippen LogP contribution is -2.13. The molecule has 0 unspecified atom stereocenters. The minimum Gasteiger partial charge on any atom is -0.369 e. The molecule has 110 valence electrons. The Morgan fingerprint density at radius 1 is 1.45 bits per heavy atom. The van der Waals surface area contributed by atoms with Crippen molar-refractivity contribution in [2.24, 2.45) is 5.73 Å². The van der Waals surface area contributed by atoms with Gasteiger partial charge in [0.25, 0.3) is 0 Å². The van der Waals surface area contributed by atoms with Crippen LogP contribution in [0.3, 0.4) is 0 Å². The Balaban J connectivity index is 2.18. The van der Waals surface area contributed by atoms with Gasteiger partial charge in [0.1, 0.15) is 11.1 Å². The molecule has 22 heavy (non-hydrogen) atoms. The Morgan fingerprint density at radius 3 is 3.00 bits per heavy atom. The Kier molecular flexibility index (Phi) is 4.07. The average Bonchev–Trinajstić information content (AvgIpc) is 3.00. The van der Waals surface area contributed by atoms with E-state index >= 15 is 0 Å². The van der Waals surface area contributed by atoms with Crippen molar-refractivity contribution in [3.8, 4) is 17.2 Å². The molecule has 2 aromatic heterocycles. The molecule has 5 nitrogen and oxygen atoms in total. The van der Waals surface area contributed by atoms with Crippen LogP contribution in [-0.2, 0) is 17.6 Å². The molecular weight excluding hydrogens is 296 g/mol. The van der Waals surface area contributed by atoms with Crippen LogP contribution in [0.25, 0.3) is 11.1 Å². The number of hydrogen-bond acceptors (Lipinski definition) is 5. The number of carbonyl (C=O) groups excluding carboxylic acids is 1. The molecule has 0 atom stereocenters. The number of fused-ring (bicyclic) bond motifs is 1. The Bertz CT molecular complexity index is 768. The fourth-order valence-electron chi connectivity index (χ4n) is 2.73. The third kappa shape index (κ3) is 2.68. The van der Waals surface area contributed by atoms with Crippen molar-refractivity contribution in [3.05, 3.63) is 41.3 Å². The minimum atomic E-state index is -0.417. The highest BCUT2D eigenvalue weighted by atomic mass is 32.2. The summed E-state index contributed by atoms with van der Waals surface area (Å²) in [5.74, 6) is -0.299. The number of hydrogen-bond donors (Lipinski definition) is 1. The van der Waals surface area contributed by atoms with Crippen molar-refractivity contribution in [2.75, 3.05) is 5.75 Å². The van der Waals surface area contributed by atoms with Gasteiger partial charge in [-0.05, 0) is 30.9 Å². The van der Waals surface area contributed by atoms with E-state index in [4.69, 9.17) is 5.73 Å². The van der Waals surface area contributed by atoms with Crippen molar-refractivity contribution in [1.29, 1.82) is 5.26 Å². The quantitative estimate of drug-likeness (QED) is 0.873. The molecule has 0 saturated heterocycles. The number of aromatic nitrogens is 2. The number of nitrogens with two attached hydrogens (primary N) is 1. The van der Waals surface area contributed by atoms with Crippen LogP contribution in [0.5, 0.6) is 0 Å². The second-order valence-electron chi connectivity index (χ2n) is 5.05. The molecule has 0 radical (unpaired) electrons. The van der Waals surface area contributed by atoms with Crippen LogP contribution in [-0.4, -0.2) is 21.6 Å². The highest BCUT2D eigenvalue weighted by Gasteiger charge is 2.24. The molecule has 1 aliphatic carbocycles. The average molecular weight is 310 g/mol. The lowest BCUT2D eigenvalue weighted by molar-refractivity contribution is -0.115. The van der Waals surface area contributed by atoms with Crippen LogP contribution in [0.15, 0.2) is 29.6 Å². The van der Waals surface area contributed by atoms with Crippen molar-refractivity contribution in [2.45, 2.75) is 24.3 Å². The summed E-state index contributed by atoms with van der Waals surface area (Å²) in [6.07, 6.45) is 6.32. The smallest absolute Gasteiger partial charge is 0.227 e. The zero-order chi connectivity index (χ0) is 15.5. The summed E-state index contributed by atoms with van der Waals surface area (Å²) in [5, 5.41) is 10.2. The molecule has 0 aliphatic heterocycles. The van der Waals surface area contributed by atoms with Crippen LogP contribution >= 0.6 is 11.8 Å². The molecule has 0 saturated carbocycles. The first kappa shape index (κ1) is 14.5. The molecule has 2 N–H and O–H groups in total. The molecule has 2 heterocycles. The molecular formula is C16H14N4OS. The Hall–Kier alpha value is -2.39. The number of pyridine rings is 2. The van der Waals surface area contributed by atoms with Gasteiger partial charge in [0.15, 0.2) is 0 Å². The third-order valence-corrected chi connectivity index (χ3v) is 4.60. The predicted molar refractivity (Wildman–Crippen MR) is 84.1 cm³/mol. The van der Waals surface area contributed by atoms with E-state index in [2.05, 4.69) is 16.0 Å². The summed E-state index contributed by atoms with van der Waals surface area (Å²) in [7, 11) is 0. The van der Waals surface area contributed by atoms with Gasteiger partial charge < -0.3 is 5.73 Å². The lowest BCUT2D eigenvalue weighted by Gasteiger charge is -2.13. The number of nitriles is 1. The van der Waals surface area contributed by atoms with Crippen molar-refractivity contribution in [1.82, 2.24) is 9.97 Å². The molecule has 6 heteroatoms. The summed E-state index contributed by atoms with van der Waals surface area (Å²) in [4.78, 5) is 19.8. The Morgan fingerprint density at radius 2 is 2.32 bits per heavy atom. The van der Waals surface area contributed by atoms with Gasteiger partial charge in [-0.25, -0.2) is 4.98 Å². The Labute approximate surface area is 132 Å². The standard InChI is InChI=1S/C16H14N4OS/c17-7-12-15(10-3-2-6-19-8-10)11-4-1-5-13(11)20-16(12)22-9-14(18)21/h2-3,6,8H,1,4-5,9H2,(H2,18,21). The van der Waals surface area contributed by atoms with E-state index in [9.17, 15) is 10.1 Å². The van der Waals surface area contributed by atoms with E-state index in [1.165, 1.54) is 11.8 Å². The van der Waals surface area contributed by atoms with E-state index in [1.54, 1.807) is 12.4 Å². The molecule has 0 fully saturated rings. The maximum absolute atomic E-state index is 11.0. The zero-order valence-corrected chi connectivity index (χ0v) is 12.7. The molecule has 0 bridgehead atoms. The van der Waals surface area contributed by atoms with E-state index in [0.29, 0.717) is 10.6 Å². The van der Waals surface area contributed by atoms with Gasteiger partial charge in [0.2, 0.25) is 5.91 Å². The van der Waals surface area contributed by atoms with Gasteiger partial charge >= 0.3 is 0 Å². The van der Waals surface area contributed by atoms with E-state index < -0.39 is 5.91 Å². The second-order valence-corrected chi connectivity index (χ2v) is 6.02. The van der Waals surface area contributed by atoms with Crippen molar-refractivity contribution >= 4 is 17.7 Å². The monoisotopic (exact) mass is 310 g/mol. The van der Waals surface area contributed by atoms with Gasteiger partial charge in [-0.3, -0.25) is 9.78 Å². The summed E-state index contributed by atoms with van der Waals surface area (Å²) < 4.78 is 0. The normalized spacial score (nSPS) is 12.7. The highest BCUT2D eigenvalue weighted by molar-refractivity contribution is 8.00. The SMILES string of the molecule is N#Cc1c(SCC(N)=O)nc2c(c1-c1cccnc1)CCC2. The first-order valence-corrected chi connectivity index (χ1v) is 7.96. The number of rotatable bonds is 4. The summed E-state index contributed by atoms with van der Waals surface area (Å²) in [6, 6.07) is 6.06. The van der Waals surface area contributed by atoms with Gasteiger partial charge in [0, 0.05) is 29.2 Å². The highest BCUT2D eigenvalue weighted by Crippen LogP contribution is 2.38. The molecule has 1 aliphatic rings. The maximum atomic E-state index is 11.0. The molecule has 0 spiro atoms. The topological polar surface area (TPSA) is 92.7 Å². The van der Waals surface area contributed by atoms with Gasteiger partial charge in [0.05, 0.1) is 11.3 Å². The van der Waals surface area contributed by atoms with Crippen LogP contribution < -0.4 is 5.73 Å². The lowest BCUT2D eigenvalue weighted by atomic mass is 9.97. The number of carbonyl (C=O) groups is 1. The van der Waals surface area contributed by atoms with Gasteiger partial charge in [-0.2, -0.15) is 5.26 Å². The first-order chi connectivity index (χ1) is 10.7. The van der Waals surface area contributed by atoms with Crippen LogP contribution in [0, 0.1) is 11.3 Å². The summed E-state index contributed by atoms with van der Waals surface area (Å²) in [6.45, 7) is 0. The second kappa shape index (κ2) is 6.16. The molecule has 1 amide bonds. The molecule has 0 aromatic carbocycles. The fourth-order valence-corrected chi connectivity index (χ4v) is 3.48. The number of thioether (sulfide) groups is 1. The fraction of sp³-hybridized carbons (Fsp3) is 0.250. The van der Waals surface area contributed by atoms with E-state index in [-0.39, 0.29) is 5.75 Å². The van der Waals surface area contributed by atoms with Gasteiger partial charge in [-0.15, -0.1) is 0 Å². The largest absolute Gasteiger partial charge is 0.369 e. The molecule has 3 rings (SSSR count). The summed E-state index contributed by atoms with van der Waals surface area (Å²) in [5.41, 5.74) is 9.70. The van der Waals surface area contributed by atoms with Crippen LogP contribution in [0.4, 0.5) is 0 Å². The predicted octanol–water partition coefficient (Wildman–Crippen LogP) is 2.08. The number of aryl methyl sites for hydroxylation is 1. The van der Waals surface area contributed by atoms with Crippen molar-refractivity contribution in [3.63, 3.8) is 0 Å². The van der Waals surface area contributed by atoms with Crippen molar-refractivity contribution < 1.29 is 4.79 Å². The number of amides is 1. The van der Waals surface area contributed by atoms with Crippen LogP contribution in [0.2, 0.25) is 0 Å². The van der Waals surface area contributed by atoms with E-state index in [1.807, 2.05) is 12.1 Å². The minimum absolute atomic E-state index is 0.118. The number of primary amides is 1.